The minimum Gasteiger partial charge on any atom is -0.489 e. The van der Waals surface area contributed by atoms with Gasteiger partial charge in [0.1, 0.15) is 18.1 Å². The van der Waals surface area contributed by atoms with Crippen LogP contribution in [0.1, 0.15) is 5.56 Å². The number of benzene rings is 2. The number of hydrogen-bond donors (Lipinski definition) is 1. The molecule has 1 aliphatic rings. The van der Waals surface area contributed by atoms with Gasteiger partial charge >= 0.3 is 0 Å². The summed E-state index contributed by atoms with van der Waals surface area (Å²) in [5, 5.41) is 2.76. The summed E-state index contributed by atoms with van der Waals surface area (Å²) in [6.07, 6.45) is 1.65. The fraction of sp³-hybridized carbons (Fsp3) is 0.333. The van der Waals surface area contributed by atoms with Gasteiger partial charge in [-0.1, -0.05) is 36.4 Å². The molecule has 1 aliphatic heterocycles. The Labute approximate surface area is 183 Å². The van der Waals surface area contributed by atoms with Crippen molar-refractivity contribution in [3.63, 3.8) is 0 Å². The predicted octanol–water partition coefficient (Wildman–Crippen LogP) is 2.09. The van der Waals surface area contributed by atoms with E-state index < -0.39 is 0 Å². The summed E-state index contributed by atoms with van der Waals surface area (Å²) in [6.45, 7) is 7.39. The van der Waals surface area contributed by atoms with Crippen LogP contribution in [-0.4, -0.2) is 67.5 Å². The lowest BCUT2D eigenvalue weighted by Crippen LogP contribution is -2.52. The molecule has 0 bridgehead atoms. The molecule has 0 atom stereocenters. The SMILES string of the molecule is C=CCNC(=O)CN1CCN(C(=O)COc2ccc(OCc3ccccc3)cc2)CC1. The normalized spacial score (nSPS) is 14.0. The van der Waals surface area contributed by atoms with Crippen molar-refractivity contribution in [1.29, 1.82) is 0 Å². The molecule has 2 aromatic carbocycles. The summed E-state index contributed by atoms with van der Waals surface area (Å²) in [6, 6.07) is 17.2. The summed E-state index contributed by atoms with van der Waals surface area (Å²) in [7, 11) is 0. The van der Waals surface area contributed by atoms with Crippen molar-refractivity contribution in [1.82, 2.24) is 15.1 Å². The third kappa shape index (κ3) is 7.46. The van der Waals surface area contributed by atoms with Gasteiger partial charge in [0.25, 0.3) is 5.91 Å². The van der Waals surface area contributed by atoms with E-state index in [1.54, 1.807) is 23.1 Å². The highest BCUT2D eigenvalue weighted by atomic mass is 16.5. The van der Waals surface area contributed by atoms with Crippen LogP contribution in [0.5, 0.6) is 11.5 Å². The Morgan fingerprint density at radius 2 is 1.58 bits per heavy atom. The Balaban J connectivity index is 1.36. The van der Waals surface area contributed by atoms with Gasteiger partial charge in [0.15, 0.2) is 6.61 Å². The second-order valence-corrected chi connectivity index (χ2v) is 7.28. The highest BCUT2D eigenvalue weighted by molar-refractivity contribution is 5.79. The molecule has 1 N–H and O–H groups in total. The molecule has 2 aromatic rings. The van der Waals surface area contributed by atoms with Gasteiger partial charge < -0.3 is 19.7 Å². The van der Waals surface area contributed by atoms with E-state index in [1.807, 2.05) is 47.4 Å². The van der Waals surface area contributed by atoms with Gasteiger partial charge in [-0.05, 0) is 29.8 Å². The summed E-state index contributed by atoms with van der Waals surface area (Å²) >= 11 is 0. The zero-order valence-corrected chi connectivity index (χ0v) is 17.7. The third-order valence-electron chi connectivity index (χ3n) is 4.97. The first-order chi connectivity index (χ1) is 15.1. The molecule has 7 nitrogen and oxygen atoms in total. The second kappa shape index (κ2) is 11.8. The lowest BCUT2D eigenvalue weighted by atomic mass is 10.2. The quantitative estimate of drug-likeness (QED) is 0.593. The van der Waals surface area contributed by atoms with Crippen molar-refractivity contribution < 1.29 is 19.1 Å². The number of rotatable bonds is 10. The molecule has 0 aromatic heterocycles. The lowest BCUT2D eigenvalue weighted by Gasteiger charge is -2.34. The molecule has 0 radical (unpaired) electrons. The maximum Gasteiger partial charge on any atom is 0.260 e. The fourth-order valence-corrected chi connectivity index (χ4v) is 3.21. The van der Waals surface area contributed by atoms with Gasteiger partial charge in [0.2, 0.25) is 5.91 Å². The first-order valence-electron chi connectivity index (χ1n) is 10.4. The van der Waals surface area contributed by atoms with Gasteiger partial charge in [0.05, 0.1) is 6.54 Å². The van der Waals surface area contributed by atoms with Crippen LogP contribution in [0.15, 0.2) is 67.3 Å². The Bertz CT molecular complexity index is 847. The van der Waals surface area contributed by atoms with Crippen LogP contribution in [0.4, 0.5) is 0 Å². The Morgan fingerprint density at radius 3 is 2.23 bits per heavy atom. The van der Waals surface area contributed by atoms with Gasteiger partial charge in [-0.15, -0.1) is 6.58 Å². The first-order valence-corrected chi connectivity index (χ1v) is 10.4. The molecule has 31 heavy (non-hydrogen) atoms. The average molecular weight is 424 g/mol. The van der Waals surface area contributed by atoms with E-state index in [-0.39, 0.29) is 18.4 Å². The van der Waals surface area contributed by atoms with Gasteiger partial charge in [-0.2, -0.15) is 0 Å². The van der Waals surface area contributed by atoms with Crippen molar-refractivity contribution >= 4 is 11.8 Å². The number of nitrogens with zero attached hydrogens (tertiary/aromatic N) is 2. The van der Waals surface area contributed by atoms with Gasteiger partial charge in [-0.3, -0.25) is 14.5 Å². The van der Waals surface area contributed by atoms with E-state index in [0.717, 1.165) is 11.3 Å². The summed E-state index contributed by atoms with van der Waals surface area (Å²) in [5.41, 5.74) is 1.10. The van der Waals surface area contributed by atoms with Crippen LogP contribution in [0.25, 0.3) is 0 Å². The molecule has 1 saturated heterocycles. The molecule has 7 heteroatoms. The molecule has 0 aliphatic carbocycles. The zero-order valence-electron chi connectivity index (χ0n) is 17.7. The zero-order chi connectivity index (χ0) is 21.9. The maximum absolute atomic E-state index is 12.4. The van der Waals surface area contributed by atoms with E-state index >= 15 is 0 Å². The molecule has 3 rings (SSSR count). The highest BCUT2D eigenvalue weighted by Crippen LogP contribution is 2.19. The number of nitrogens with one attached hydrogen (secondary N) is 1. The standard InChI is InChI=1S/C24H29N3O4/c1-2-12-25-23(28)17-26-13-15-27(16-14-26)24(29)19-31-22-10-8-21(9-11-22)30-18-20-6-4-3-5-7-20/h2-11H,1,12-19H2,(H,25,28). The van der Waals surface area contributed by atoms with E-state index in [1.165, 1.54) is 0 Å². The van der Waals surface area contributed by atoms with Crippen LogP contribution in [-0.2, 0) is 16.2 Å². The molecule has 0 unspecified atom stereocenters. The Kier molecular flexibility index (Phi) is 8.48. The minimum absolute atomic E-state index is 0.00988. The molecule has 1 fully saturated rings. The van der Waals surface area contributed by atoms with E-state index in [4.69, 9.17) is 9.47 Å². The highest BCUT2D eigenvalue weighted by Gasteiger charge is 2.22. The monoisotopic (exact) mass is 423 g/mol. The molecule has 164 valence electrons. The van der Waals surface area contributed by atoms with Crippen molar-refractivity contribution in [2.75, 3.05) is 45.9 Å². The average Bonchev–Trinajstić information content (AvgIpc) is 2.81. The number of piperazine rings is 1. The van der Waals surface area contributed by atoms with Gasteiger partial charge in [-0.25, -0.2) is 0 Å². The number of carbonyl (C=O) groups excluding carboxylic acids is 2. The van der Waals surface area contributed by atoms with Crippen molar-refractivity contribution in [3.8, 4) is 11.5 Å². The second-order valence-electron chi connectivity index (χ2n) is 7.28. The largest absolute Gasteiger partial charge is 0.489 e. The summed E-state index contributed by atoms with van der Waals surface area (Å²) in [5.74, 6) is 1.29. The number of hydrogen-bond acceptors (Lipinski definition) is 5. The fourth-order valence-electron chi connectivity index (χ4n) is 3.21. The number of amides is 2. The van der Waals surface area contributed by atoms with Crippen LogP contribution < -0.4 is 14.8 Å². The number of ether oxygens (including phenoxy) is 2. The predicted molar refractivity (Wildman–Crippen MR) is 119 cm³/mol. The molecule has 1 heterocycles. The summed E-state index contributed by atoms with van der Waals surface area (Å²) < 4.78 is 11.4. The van der Waals surface area contributed by atoms with Crippen LogP contribution in [0, 0.1) is 0 Å². The van der Waals surface area contributed by atoms with Crippen LogP contribution in [0.3, 0.4) is 0 Å². The topological polar surface area (TPSA) is 71.1 Å². The minimum atomic E-state index is -0.0554. The molecular weight excluding hydrogens is 394 g/mol. The van der Waals surface area contributed by atoms with E-state index in [9.17, 15) is 9.59 Å². The van der Waals surface area contributed by atoms with Crippen LogP contribution in [0.2, 0.25) is 0 Å². The lowest BCUT2D eigenvalue weighted by molar-refractivity contribution is -0.135. The Hall–Kier alpha value is -3.32. The van der Waals surface area contributed by atoms with Crippen molar-refractivity contribution in [2.45, 2.75) is 6.61 Å². The molecular formula is C24H29N3O4. The third-order valence-corrected chi connectivity index (χ3v) is 4.97. The van der Waals surface area contributed by atoms with E-state index in [2.05, 4.69) is 11.9 Å². The molecule has 0 saturated carbocycles. The van der Waals surface area contributed by atoms with E-state index in [0.29, 0.717) is 51.6 Å². The number of carbonyl (C=O) groups is 2. The van der Waals surface area contributed by atoms with Crippen LogP contribution >= 0.6 is 0 Å². The molecule has 2 amide bonds. The maximum atomic E-state index is 12.4. The smallest absolute Gasteiger partial charge is 0.260 e. The van der Waals surface area contributed by atoms with Crippen molar-refractivity contribution in [3.05, 3.63) is 72.8 Å². The van der Waals surface area contributed by atoms with Gasteiger partial charge in [0, 0.05) is 32.7 Å². The first kappa shape index (κ1) is 22.4. The Morgan fingerprint density at radius 1 is 0.935 bits per heavy atom. The van der Waals surface area contributed by atoms with Crippen molar-refractivity contribution in [2.24, 2.45) is 0 Å². The summed E-state index contributed by atoms with van der Waals surface area (Å²) in [4.78, 5) is 28.0. The molecule has 0 spiro atoms.